The third-order valence-electron chi connectivity index (χ3n) is 3.43. The summed E-state index contributed by atoms with van der Waals surface area (Å²) >= 11 is 5.43. The Bertz CT molecular complexity index is 910. The number of H-pyrrole nitrogens is 1. The smallest absolute Gasteiger partial charge is 0.182 e. The highest BCUT2D eigenvalue weighted by atomic mass is 32.1. The van der Waals surface area contributed by atoms with Crippen LogP contribution in [0.25, 0.3) is 16.7 Å². The molecular weight excluding hydrogens is 266 g/mol. The molecule has 2 aromatic carbocycles. The molecule has 0 amide bonds. The van der Waals surface area contributed by atoms with Gasteiger partial charge in [-0.3, -0.25) is 4.57 Å². The summed E-state index contributed by atoms with van der Waals surface area (Å²) in [5.41, 5.74) is 5.75. The third kappa shape index (κ3) is 1.84. The number of rotatable bonds is 1. The molecule has 0 saturated carbocycles. The van der Waals surface area contributed by atoms with Crippen molar-refractivity contribution in [3.8, 4) is 11.8 Å². The summed E-state index contributed by atoms with van der Waals surface area (Å²) in [6.45, 7) is 4.14. The van der Waals surface area contributed by atoms with Crippen LogP contribution in [0.1, 0.15) is 16.7 Å². The monoisotopic (exact) mass is 279 g/mol. The van der Waals surface area contributed by atoms with Crippen molar-refractivity contribution in [3.63, 3.8) is 0 Å². The number of aryl methyl sites for hydroxylation is 2. The number of para-hydroxylation sites is 1. The molecule has 3 aromatic rings. The Morgan fingerprint density at radius 2 is 2.00 bits per heavy atom. The maximum atomic E-state index is 9.18. The Labute approximate surface area is 122 Å². The number of nitrogens with one attached hydrogen (secondary N) is 1. The van der Waals surface area contributed by atoms with E-state index in [1.165, 1.54) is 5.56 Å². The molecule has 1 aromatic heterocycles. The van der Waals surface area contributed by atoms with Crippen molar-refractivity contribution >= 4 is 23.3 Å². The number of aromatic nitrogens is 2. The average molecular weight is 279 g/mol. The van der Waals surface area contributed by atoms with Gasteiger partial charge in [-0.05, 0) is 49.8 Å². The minimum Gasteiger partial charge on any atom is -0.329 e. The van der Waals surface area contributed by atoms with E-state index in [0.29, 0.717) is 10.3 Å². The van der Waals surface area contributed by atoms with Crippen molar-refractivity contribution in [1.29, 1.82) is 5.26 Å². The standard InChI is InChI=1S/C16H13N3S/c1-10-6-7-13(11(2)8-10)19-14-5-3-4-12(9-17)15(14)18-16(19)20/h3-8H,1-2H3,(H,18,20). The normalized spacial score (nSPS) is 10.7. The van der Waals surface area contributed by atoms with E-state index in [0.717, 1.165) is 22.3 Å². The molecule has 0 radical (unpaired) electrons. The summed E-state index contributed by atoms with van der Waals surface area (Å²) in [4.78, 5) is 3.14. The van der Waals surface area contributed by atoms with Gasteiger partial charge < -0.3 is 4.98 Å². The molecule has 3 rings (SSSR count). The van der Waals surface area contributed by atoms with Gasteiger partial charge in [-0.25, -0.2) is 0 Å². The van der Waals surface area contributed by atoms with Crippen LogP contribution in [-0.4, -0.2) is 9.55 Å². The van der Waals surface area contributed by atoms with Crippen molar-refractivity contribution in [1.82, 2.24) is 9.55 Å². The lowest BCUT2D eigenvalue weighted by atomic mass is 10.1. The van der Waals surface area contributed by atoms with E-state index in [-0.39, 0.29) is 0 Å². The van der Waals surface area contributed by atoms with Crippen LogP contribution in [0, 0.1) is 29.9 Å². The van der Waals surface area contributed by atoms with Crippen LogP contribution in [0.2, 0.25) is 0 Å². The van der Waals surface area contributed by atoms with Crippen molar-refractivity contribution in [3.05, 3.63) is 57.9 Å². The van der Waals surface area contributed by atoms with E-state index in [4.69, 9.17) is 12.2 Å². The molecular formula is C16H13N3S. The number of nitriles is 1. The topological polar surface area (TPSA) is 44.5 Å². The van der Waals surface area contributed by atoms with Gasteiger partial charge in [0.05, 0.1) is 22.3 Å². The first kappa shape index (κ1) is 12.6. The number of hydrogen-bond acceptors (Lipinski definition) is 2. The molecule has 0 aliphatic rings. The first-order valence-corrected chi connectivity index (χ1v) is 6.74. The van der Waals surface area contributed by atoms with Gasteiger partial charge in [-0.15, -0.1) is 0 Å². The number of benzene rings is 2. The first-order valence-electron chi connectivity index (χ1n) is 6.33. The van der Waals surface area contributed by atoms with E-state index < -0.39 is 0 Å². The summed E-state index contributed by atoms with van der Waals surface area (Å²) in [6, 6.07) is 14.1. The van der Waals surface area contributed by atoms with Crippen LogP contribution >= 0.6 is 12.2 Å². The van der Waals surface area contributed by atoms with Crippen molar-refractivity contribution in [2.75, 3.05) is 0 Å². The molecule has 0 unspecified atom stereocenters. The van der Waals surface area contributed by atoms with E-state index in [9.17, 15) is 5.26 Å². The molecule has 4 heteroatoms. The number of aromatic amines is 1. The fourth-order valence-electron chi connectivity index (χ4n) is 2.52. The maximum absolute atomic E-state index is 9.18. The Hall–Kier alpha value is -2.38. The fraction of sp³-hybridized carbons (Fsp3) is 0.125. The third-order valence-corrected chi connectivity index (χ3v) is 3.72. The zero-order valence-corrected chi connectivity index (χ0v) is 12.1. The molecule has 3 nitrogen and oxygen atoms in total. The van der Waals surface area contributed by atoms with Gasteiger partial charge in [-0.1, -0.05) is 23.8 Å². The molecule has 0 atom stereocenters. The van der Waals surface area contributed by atoms with Crippen molar-refractivity contribution in [2.24, 2.45) is 0 Å². The molecule has 0 bridgehead atoms. The number of imidazole rings is 1. The van der Waals surface area contributed by atoms with Gasteiger partial charge >= 0.3 is 0 Å². The quantitative estimate of drug-likeness (QED) is 0.679. The molecule has 1 heterocycles. The van der Waals surface area contributed by atoms with Gasteiger partial charge in [-0.2, -0.15) is 5.26 Å². The lowest BCUT2D eigenvalue weighted by Gasteiger charge is -2.09. The van der Waals surface area contributed by atoms with Gasteiger partial charge in [0.15, 0.2) is 4.77 Å². The molecule has 98 valence electrons. The van der Waals surface area contributed by atoms with Crippen LogP contribution in [-0.2, 0) is 0 Å². The number of fused-ring (bicyclic) bond motifs is 1. The predicted molar refractivity (Wildman–Crippen MR) is 82.6 cm³/mol. The second kappa shape index (κ2) is 4.62. The van der Waals surface area contributed by atoms with Gasteiger partial charge in [0, 0.05) is 0 Å². The molecule has 0 fully saturated rings. The minimum atomic E-state index is 0.606. The second-order valence-electron chi connectivity index (χ2n) is 4.87. The molecule has 0 saturated heterocycles. The Morgan fingerprint density at radius 3 is 2.70 bits per heavy atom. The zero-order valence-electron chi connectivity index (χ0n) is 11.3. The van der Waals surface area contributed by atoms with E-state index >= 15 is 0 Å². The van der Waals surface area contributed by atoms with E-state index in [2.05, 4.69) is 43.1 Å². The molecule has 0 aliphatic heterocycles. The largest absolute Gasteiger partial charge is 0.329 e. The zero-order chi connectivity index (χ0) is 14.3. The van der Waals surface area contributed by atoms with Gasteiger partial charge in [0.2, 0.25) is 0 Å². The Morgan fingerprint density at radius 1 is 1.20 bits per heavy atom. The van der Waals surface area contributed by atoms with Crippen LogP contribution in [0.15, 0.2) is 36.4 Å². The highest BCUT2D eigenvalue weighted by Gasteiger charge is 2.11. The number of nitrogens with zero attached hydrogens (tertiary/aromatic N) is 2. The van der Waals surface area contributed by atoms with E-state index in [1.807, 2.05) is 16.7 Å². The average Bonchev–Trinajstić information content (AvgIpc) is 2.75. The second-order valence-corrected chi connectivity index (χ2v) is 5.25. The van der Waals surface area contributed by atoms with Crippen LogP contribution in [0.5, 0.6) is 0 Å². The van der Waals surface area contributed by atoms with Gasteiger partial charge in [0.1, 0.15) is 6.07 Å². The summed E-state index contributed by atoms with van der Waals surface area (Å²) in [5, 5.41) is 9.18. The Balaban J connectivity index is 2.41. The lowest BCUT2D eigenvalue weighted by Crippen LogP contribution is -1.97. The molecule has 20 heavy (non-hydrogen) atoms. The SMILES string of the molecule is Cc1ccc(-n2c(=S)[nH]c3c(C#N)cccc32)c(C)c1. The molecule has 0 aliphatic carbocycles. The predicted octanol–water partition coefficient (Wildman–Crippen LogP) is 4.18. The maximum Gasteiger partial charge on any atom is 0.182 e. The Kier molecular flexibility index (Phi) is 2.92. The lowest BCUT2D eigenvalue weighted by molar-refractivity contribution is 1.05. The van der Waals surface area contributed by atoms with Crippen molar-refractivity contribution < 1.29 is 0 Å². The summed E-state index contributed by atoms with van der Waals surface area (Å²) in [7, 11) is 0. The van der Waals surface area contributed by atoms with Crippen LogP contribution in [0.4, 0.5) is 0 Å². The minimum absolute atomic E-state index is 0.606. The highest BCUT2D eigenvalue weighted by Crippen LogP contribution is 2.24. The highest BCUT2D eigenvalue weighted by molar-refractivity contribution is 7.71. The molecule has 0 spiro atoms. The van der Waals surface area contributed by atoms with Crippen molar-refractivity contribution in [2.45, 2.75) is 13.8 Å². The number of hydrogen-bond donors (Lipinski definition) is 1. The van der Waals surface area contributed by atoms with Crippen LogP contribution < -0.4 is 0 Å². The summed E-state index contributed by atoms with van der Waals surface area (Å²) in [5.74, 6) is 0. The summed E-state index contributed by atoms with van der Waals surface area (Å²) in [6.07, 6.45) is 0. The fourth-order valence-corrected chi connectivity index (χ4v) is 2.82. The first-order chi connectivity index (χ1) is 9.61. The molecule has 1 N–H and O–H groups in total. The van der Waals surface area contributed by atoms with Crippen LogP contribution in [0.3, 0.4) is 0 Å². The van der Waals surface area contributed by atoms with Gasteiger partial charge in [0.25, 0.3) is 0 Å². The van der Waals surface area contributed by atoms with E-state index in [1.54, 1.807) is 6.07 Å². The summed E-state index contributed by atoms with van der Waals surface area (Å²) < 4.78 is 2.59.